The number of alkyl halides is 3. The molecule has 0 spiro atoms. The maximum atomic E-state index is 16.8. The molecule has 9 nitrogen and oxygen atoms in total. The molecule has 258 valence electrons. The van der Waals surface area contributed by atoms with Gasteiger partial charge in [0.15, 0.2) is 5.82 Å². The molecule has 1 aliphatic carbocycles. The first-order valence-corrected chi connectivity index (χ1v) is 15.7. The van der Waals surface area contributed by atoms with Crippen LogP contribution in [0.25, 0.3) is 0 Å². The summed E-state index contributed by atoms with van der Waals surface area (Å²) in [6, 6.07) is 9.15. The average Bonchev–Trinajstić information content (AvgIpc) is 3.70. The highest BCUT2D eigenvalue weighted by molar-refractivity contribution is 6.03. The second-order valence-corrected chi connectivity index (χ2v) is 13.9. The topological polar surface area (TPSA) is 97.4 Å². The van der Waals surface area contributed by atoms with Gasteiger partial charge in [-0.1, -0.05) is 43.2 Å². The van der Waals surface area contributed by atoms with Crippen LogP contribution in [0.3, 0.4) is 0 Å². The van der Waals surface area contributed by atoms with Crippen LogP contribution in [0.4, 0.5) is 33.7 Å². The predicted molar refractivity (Wildman–Crippen MR) is 168 cm³/mol. The molecule has 0 bridgehead atoms. The highest BCUT2D eigenvalue weighted by Crippen LogP contribution is 2.46. The minimum Gasteiger partial charge on any atom is -0.487 e. The molecule has 13 heteroatoms. The molecule has 4 rings (SSSR count). The van der Waals surface area contributed by atoms with Crippen LogP contribution in [0.5, 0.6) is 5.75 Å². The number of esters is 1. The van der Waals surface area contributed by atoms with Crippen LogP contribution < -0.4 is 19.9 Å². The number of fused-ring (bicyclic) bond motifs is 1. The molecule has 0 saturated heterocycles. The second kappa shape index (κ2) is 14.1. The average molecular weight is 666 g/mol. The summed E-state index contributed by atoms with van der Waals surface area (Å²) in [6.45, 7) is 9.03. The number of anilines is 2. The Bertz CT molecular complexity index is 1450. The van der Waals surface area contributed by atoms with E-state index in [9.17, 15) is 27.6 Å². The Kier molecular flexibility index (Phi) is 10.8. The lowest BCUT2D eigenvalue weighted by molar-refractivity contribution is -0.171. The van der Waals surface area contributed by atoms with Crippen molar-refractivity contribution in [2.45, 2.75) is 97.3 Å². The Morgan fingerprint density at radius 2 is 1.62 bits per heavy atom. The SMILES string of the molecule is CC(C)(C)OC(=O)CN(C(=O)C(F)(F)F)c1c(OCc2ccccc2)cc2c(c1F)C[C@H](CNCCC1CC1)N2C(=O)OC(C)(C)C. The standard InChI is InChI=1S/C34H43F4N3O6/c1-32(2,3)46-27(42)19-40(30(43)34(36,37)38)29-26(45-20-22-10-8-7-9-11-22)17-25-24(28(29)35)16-23(18-39-15-14-21-12-13-21)41(25)31(44)47-33(4,5)6/h7-11,17,21,23,39H,12-16,18-20H2,1-6H3/t23-/m1/s1. The van der Waals surface area contributed by atoms with Crippen LogP contribution >= 0.6 is 0 Å². The van der Waals surface area contributed by atoms with Crippen molar-refractivity contribution in [3.8, 4) is 5.75 Å². The lowest BCUT2D eigenvalue weighted by Gasteiger charge is -2.30. The van der Waals surface area contributed by atoms with Gasteiger partial charge in [0.25, 0.3) is 0 Å². The molecule has 0 unspecified atom stereocenters. The number of hydrogen-bond acceptors (Lipinski definition) is 7. The molecule has 1 aliphatic heterocycles. The van der Waals surface area contributed by atoms with Crippen molar-refractivity contribution in [3.63, 3.8) is 0 Å². The smallest absolute Gasteiger partial charge is 0.471 e. The van der Waals surface area contributed by atoms with Gasteiger partial charge >= 0.3 is 24.1 Å². The first-order valence-electron chi connectivity index (χ1n) is 15.7. The van der Waals surface area contributed by atoms with E-state index in [0.717, 1.165) is 19.3 Å². The van der Waals surface area contributed by atoms with Gasteiger partial charge in [-0.05, 0) is 72.4 Å². The molecular weight excluding hydrogens is 622 g/mol. The molecule has 1 saturated carbocycles. The van der Waals surface area contributed by atoms with Crippen LogP contribution in [0, 0.1) is 11.7 Å². The maximum Gasteiger partial charge on any atom is 0.471 e. The Labute approximate surface area is 272 Å². The van der Waals surface area contributed by atoms with E-state index in [2.05, 4.69) is 5.32 Å². The van der Waals surface area contributed by atoms with Crippen molar-refractivity contribution in [1.82, 2.24) is 5.32 Å². The van der Waals surface area contributed by atoms with Gasteiger partial charge in [-0.25, -0.2) is 9.18 Å². The fourth-order valence-corrected chi connectivity index (χ4v) is 5.28. The normalized spacial score (nSPS) is 16.5. The molecule has 2 aromatic carbocycles. The first-order chi connectivity index (χ1) is 21.8. The third-order valence-corrected chi connectivity index (χ3v) is 7.45. The van der Waals surface area contributed by atoms with E-state index in [1.807, 2.05) is 0 Å². The lowest BCUT2D eigenvalue weighted by Crippen LogP contribution is -2.46. The van der Waals surface area contributed by atoms with E-state index < -0.39 is 65.2 Å². The van der Waals surface area contributed by atoms with Gasteiger partial charge in [0.2, 0.25) is 0 Å². The van der Waals surface area contributed by atoms with Crippen LogP contribution in [0.1, 0.15) is 71.9 Å². The molecule has 1 heterocycles. The number of nitrogens with zero attached hydrogens (tertiary/aromatic N) is 2. The van der Waals surface area contributed by atoms with Crippen molar-refractivity contribution in [3.05, 3.63) is 53.3 Å². The largest absolute Gasteiger partial charge is 0.487 e. The molecule has 0 radical (unpaired) electrons. The highest BCUT2D eigenvalue weighted by atomic mass is 19.4. The summed E-state index contributed by atoms with van der Waals surface area (Å²) in [5, 5.41) is 3.31. The summed E-state index contributed by atoms with van der Waals surface area (Å²) in [6.07, 6.45) is -3.07. The van der Waals surface area contributed by atoms with E-state index in [-0.39, 0.29) is 35.7 Å². The minimum atomic E-state index is -5.47. The Morgan fingerprint density at radius 3 is 2.19 bits per heavy atom. The number of carbonyl (C=O) groups excluding carboxylic acids is 3. The van der Waals surface area contributed by atoms with Gasteiger partial charge in [-0.15, -0.1) is 0 Å². The van der Waals surface area contributed by atoms with Crippen molar-refractivity contribution >= 4 is 29.3 Å². The zero-order valence-electron chi connectivity index (χ0n) is 27.6. The van der Waals surface area contributed by atoms with E-state index >= 15 is 4.39 Å². The van der Waals surface area contributed by atoms with Gasteiger partial charge in [-0.2, -0.15) is 13.2 Å². The van der Waals surface area contributed by atoms with Gasteiger partial charge in [0.05, 0.1) is 11.7 Å². The fraction of sp³-hybridized carbons (Fsp3) is 0.559. The second-order valence-electron chi connectivity index (χ2n) is 13.9. The Balaban J connectivity index is 1.82. The Morgan fingerprint density at radius 1 is 0.979 bits per heavy atom. The van der Waals surface area contributed by atoms with Crippen molar-refractivity contribution < 1.29 is 46.2 Å². The molecule has 0 aromatic heterocycles. The minimum absolute atomic E-state index is 0.00302. The predicted octanol–water partition coefficient (Wildman–Crippen LogP) is 6.70. The summed E-state index contributed by atoms with van der Waals surface area (Å²) < 4.78 is 75.6. The summed E-state index contributed by atoms with van der Waals surface area (Å²) in [5.41, 5.74) is -2.36. The number of rotatable bonds is 11. The van der Waals surface area contributed by atoms with Crippen LogP contribution in [0.15, 0.2) is 36.4 Å². The zero-order chi connectivity index (χ0) is 34.7. The van der Waals surface area contributed by atoms with Crippen molar-refractivity contribution in [1.29, 1.82) is 0 Å². The molecule has 1 N–H and O–H groups in total. The van der Waals surface area contributed by atoms with Crippen LogP contribution in [-0.2, 0) is 32.1 Å². The van der Waals surface area contributed by atoms with Crippen LogP contribution in [-0.4, -0.2) is 61.0 Å². The van der Waals surface area contributed by atoms with Crippen LogP contribution in [0.2, 0.25) is 0 Å². The molecule has 2 aromatic rings. The third-order valence-electron chi connectivity index (χ3n) is 7.45. The summed E-state index contributed by atoms with van der Waals surface area (Å²) in [4.78, 5) is 40.5. The number of carbonyl (C=O) groups is 3. The van der Waals surface area contributed by atoms with E-state index in [1.165, 1.54) is 31.7 Å². The number of ether oxygens (including phenoxy) is 3. The van der Waals surface area contributed by atoms with Crippen molar-refractivity contribution in [2.24, 2.45) is 5.92 Å². The van der Waals surface area contributed by atoms with E-state index in [0.29, 0.717) is 18.0 Å². The molecular formula is C34H43F4N3O6. The lowest BCUT2D eigenvalue weighted by atomic mass is 10.1. The molecule has 47 heavy (non-hydrogen) atoms. The molecule has 2 aliphatic rings. The molecule has 2 amide bonds. The number of amides is 2. The van der Waals surface area contributed by atoms with Gasteiger partial charge in [0.1, 0.15) is 35.8 Å². The molecule has 1 atom stereocenters. The van der Waals surface area contributed by atoms with Crippen molar-refractivity contribution in [2.75, 3.05) is 29.4 Å². The zero-order valence-corrected chi connectivity index (χ0v) is 27.6. The van der Waals surface area contributed by atoms with Gasteiger partial charge in [-0.3, -0.25) is 19.4 Å². The van der Waals surface area contributed by atoms with E-state index in [1.54, 1.807) is 51.1 Å². The number of hydrogen-bond donors (Lipinski definition) is 1. The quantitative estimate of drug-likeness (QED) is 0.162. The molecule has 1 fully saturated rings. The summed E-state index contributed by atoms with van der Waals surface area (Å²) in [5.74, 6) is -4.70. The number of nitrogens with one attached hydrogen (secondary N) is 1. The number of benzene rings is 2. The third kappa shape index (κ3) is 9.82. The maximum absolute atomic E-state index is 16.8. The van der Waals surface area contributed by atoms with Gasteiger partial charge in [0, 0.05) is 18.2 Å². The van der Waals surface area contributed by atoms with Gasteiger partial charge < -0.3 is 19.5 Å². The summed E-state index contributed by atoms with van der Waals surface area (Å²) >= 11 is 0. The Hall–Kier alpha value is -3.87. The monoisotopic (exact) mass is 665 g/mol. The first kappa shape index (κ1) is 36.0. The summed E-state index contributed by atoms with van der Waals surface area (Å²) in [7, 11) is 0. The highest BCUT2D eigenvalue weighted by Gasteiger charge is 2.47. The fourth-order valence-electron chi connectivity index (χ4n) is 5.28. The number of halogens is 4. The van der Waals surface area contributed by atoms with E-state index in [4.69, 9.17) is 14.2 Å².